The Morgan fingerprint density at radius 1 is 1.09 bits per heavy atom. The lowest BCUT2D eigenvalue weighted by atomic mass is 9.81. The van der Waals surface area contributed by atoms with Crippen molar-refractivity contribution in [1.29, 1.82) is 0 Å². The highest BCUT2D eigenvalue weighted by Gasteiger charge is 2.40. The molecule has 11 heavy (non-hydrogen) atoms. The largest absolute Gasteiger partial charge is 0.329 e. The lowest BCUT2D eigenvalue weighted by molar-refractivity contribution is -0.0493. The molecule has 4 heteroatoms. The quantitative estimate of drug-likeness (QED) is 0.603. The summed E-state index contributed by atoms with van der Waals surface area (Å²) in [5.41, 5.74) is 10.6. The lowest BCUT2D eigenvalue weighted by Gasteiger charge is -2.35. The van der Waals surface area contributed by atoms with Crippen LogP contribution >= 0.6 is 0 Å². The van der Waals surface area contributed by atoms with E-state index in [2.05, 4.69) is 0 Å². The Hall–Kier alpha value is -0.220. The van der Waals surface area contributed by atoms with Crippen molar-refractivity contribution in [1.82, 2.24) is 0 Å². The van der Waals surface area contributed by atoms with Gasteiger partial charge in [-0.3, -0.25) is 0 Å². The van der Waals surface area contributed by atoms with E-state index < -0.39 is 11.5 Å². The van der Waals surface area contributed by atoms with Gasteiger partial charge in [0.05, 0.1) is 0 Å². The molecule has 1 saturated carbocycles. The monoisotopic (exact) mass is 164 g/mol. The van der Waals surface area contributed by atoms with Gasteiger partial charge >= 0.3 is 0 Å². The average Bonchev–Trinajstić information content (AvgIpc) is 1.97. The van der Waals surface area contributed by atoms with Crippen LogP contribution in [0.3, 0.4) is 0 Å². The molecule has 0 aromatic heterocycles. The zero-order chi connectivity index (χ0) is 8.54. The van der Waals surface area contributed by atoms with Crippen LogP contribution in [0.1, 0.15) is 25.7 Å². The van der Waals surface area contributed by atoms with E-state index in [1.165, 1.54) is 0 Å². The third-order valence-electron chi connectivity index (χ3n) is 2.38. The smallest absolute Gasteiger partial charge is 0.248 e. The number of halogens is 2. The maximum Gasteiger partial charge on any atom is 0.248 e. The maximum absolute atomic E-state index is 12.6. The summed E-state index contributed by atoms with van der Waals surface area (Å²) in [7, 11) is 0. The molecule has 0 heterocycles. The zero-order valence-corrected chi connectivity index (χ0v) is 6.45. The van der Waals surface area contributed by atoms with Crippen molar-refractivity contribution in [2.45, 2.75) is 37.1 Å². The molecule has 0 spiro atoms. The molecule has 0 aromatic rings. The Kier molecular flexibility index (Phi) is 2.16. The van der Waals surface area contributed by atoms with Crippen molar-refractivity contribution in [3.63, 3.8) is 0 Å². The van der Waals surface area contributed by atoms with Gasteiger partial charge in [-0.15, -0.1) is 0 Å². The van der Waals surface area contributed by atoms with Crippen LogP contribution in [0.15, 0.2) is 0 Å². The highest BCUT2D eigenvalue weighted by molar-refractivity contribution is 4.93. The first-order valence-electron chi connectivity index (χ1n) is 3.84. The SMILES string of the molecule is NCC1(N)CCC(F)(F)CC1. The summed E-state index contributed by atoms with van der Waals surface area (Å²) in [6.45, 7) is 0.309. The molecule has 0 amide bonds. The van der Waals surface area contributed by atoms with Crippen molar-refractivity contribution in [3.05, 3.63) is 0 Å². The van der Waals surface area contributed by atoms with Crippen LogP contribution in [0.2, 0.25) is 0 Å². The Morgan fingerprint density at radius 3 is 1.91 bits per heavy atom. The minimum absolute atomic E-state index is 0.110. The first kappa shape index (κ1) is 8.87. The molecule has 0 atom stereocenters. The Bertz CT molecular complexity index is 137. The van der Waals surface area contributed by atoms with Gasteiger partial charge in [-0.1, -0.05) is 0 Å². The van der Waals surface area contributed by atoms with Gasteiger partial charge in [0.1, 0.15) is 0 Å². The van der Waals surface area contributed by atoms with E-state index in [9.17, 15) is 8.78 Å². The minimum atomic E-state index is -2.50. The van der Waals surface area contributed by atoms with Gasteiger partial charge in [0.25, 0.3) is 0 Å². The molecule has 66 valence electrons. The summed E-state index contributed by atoms with van der Waals surface area (Å²) in [5.74, 6) is -2.50. The van der Waals surface area contributed by atoms with Crippen molar-refractivity contribution in [2.75, 3.05) is 6.54 Å². The maximum atomic E-state index is 12.6. The van der Waals surface area contributed by atoms with Gasteiger partial charge in [0.15, 0.2) is 0 Å². The Balaban J connectivity index is 2.48. The van der Waals surface area contributed by atoms with Gasteiger partial charge in [-0.25, -0.2) is 8.78 Å². The normalized spacial score (nSPS) is 28.4. The number of hydrogen-bond donors (Lipinski definition) is 2. The molecule has 4 N–H and O–H groups in total. The highest BCUT2D eigenvalue weighted by atomic mass is 19.3. The molecule has 1 fully saturated rings. The lowest BCUT2D eigenvalue weighted by Crippen LogP contribution is -2.51. The van der Waals surface area contributed by atoms with Crippen LogP contribution in [0.5, 0.6) is 0 Å². The summed E-state index contributed by atoms with van der Waals surface area (Å²) in [6.07, 6.45) is 0.467. The molecule has 0 aromatic carbocycles. The molecule has 0 saturated heterocycles. The van der Waals surface area contributed by atoms with Crippen LogP contribution in [0, 0.1) is 0 Å². The third-order valence-corrected chi connectivity index (χ3v) is 2.38. The molecular formula is C7H14F2N2. The summed E-state index contributed by atoms with van der Waals surface area (Å²) < 4.78 is 25.2. The number of nitrogens with two attached hydrogens (primary N) is 2. The summed E-state index contributed by atoms with van der Waals surface area (Å²) in [5, 5.41) is 0. The average molecular weight is 164 g/mol. The Labute approximate surface area is 64.9 Å². The van der Waals surface area contributed by atoms with Crippen LogP contribution in [0.25, 0.3) is 0 Å². The van der Waals surface area contributed by atoms with Gasteiger partial charge in [0.2, 0.25) is 5.92 Å². The molecule has 1 aliphatic rings. The zero-order valence-electron chi connectivity index (χ0n) is 6.45. The van der Waals surface area contributed by atoms with E-state index in [-0.39, 0.29) is 12.8 Å². The van der Waals surface area contributed by atoms with Crippen LogP contribution < -0.4 is 11.5 Å². The predicted octanol–water partition coefficient (Wildman–Crippen LogP) is 0.852. The molecule has 0 bridgehead atoms. The minimum Gasteiger partial charge on any atom is -0.329 e. The van der Waals surface area contributed by atoms with E-state index in [1.807, 2.05) is 0 Å². The summed E-state index contributed by atoms with van der Waals surface area (Å²) in [4.78, 5) is 0. The van der Waals surface area contributed by atoms with Crippen molar-refractivity contribution in [2.24, 2.45) is 11.5 Å². The second-order valence-electron chi connectivity index (χ2n) is 3.42. The molecule has 1 aliphatic carbocycles. The second kappa shape index (κ2) is 2.68. The third kappa shape index (κ3) is 2.10. The number of alkyl halides is 2. The van der Waals surface area contributed by atoms with E-state index in [0.29, 0.717) is 19.4 Å². The van der Waals surface area contributed by atoms with E-state index in [1.54, 1.807) is 0 Å². The molecule has 0 radical (unpaired) electrons. The predicted molar refractivity (Wildman–Crippen MR) is 39.4 cm³/mol. The van der Waals surface area contributed by atoms with E-state index >= 15 is 0 Å². The fourth-order valence-corrected chi connectivity index (χ4v) is 1.32. The Morgan fingerprint density at radius 2 is 1.55 bits per heavy atom. The number of hydrogen-bond acceptors (Lipinski definition) is 2. The van der Waals surface area contributed by atoms with E-state index in [0.717, 1.165) is 0 Å². The van der Waals surface area contributed by atoms with Crippen LogP contribution in [0.4, 0.5) is 8.78 Å². The topological polar surface area (TPSA) is 52.0 Å². The molecule has 1 rings (SSSR count). The first-order valence-corrected chi connectivity index (χ1v) is 3.84. The van der Waals surface area contributed by atoms with Crippen molar-refractivity contribution >= 4 is 0 Å². The summed E-state index contributed by atoms with van der Waals surface area (Å²) >= 11 is 0. The van der Waals surface area contributed by atoms with Crippen molar-refractivity contribution < 1.29 is 8.78 Å². The van der Waals surface area contributed by atoms with Crippen LogP contribution in [-0.4, -0.2) is 18.0 Å². The standard InChI is InChI=1S/C7H14F2N2/c8-7(9)3-1-6(11,5-10)2-4-7/h1-5,10-11H2. The fraction of sp³-hybridized carbons (Fsp3) is 1.00. The molecule has 2 nitrogen and oxygen atoms in total. The van der Waals surface area contributed by atoms with Crippen LogP contribution in [-0.2, 0) is 0 Å². The first-order chi connectivity index (χ1) is 4.97. The van der Waals surface area contributed by atoms with Gasteiger partial charge in [-0.05, 0) is 12.8 Å². The molecule has 0 unspecified atom stereocenters. The van der Waals surface area contributed by atoms with Crippen molar-refractivity contribution in [3.8, 4) is 0 Å². The summed E-state index contributed by atoms with van der Waals surface area (Å²) in [6, 6.07) is 0. The van der Waals surface area contributed by atoms with Gasteiger partial charge in [-0.2, -0.15) is 0 Å². The van der Waals surface area contributed by atoms with E-state index in [4.69, 9.17) is 11.5 Å². The second-order valence-corrected chi connectivity index (χ2v) is 3.42. The van der Waals surface area contributed by atoms with Gasteiger partial charge in [0, 0.05) is 24.9 Å². The van der Waals surface area contributed by atoms with Gasteiger partial charge < -0.3 is 11.5 Å². The number of rotatable bonds is 1. The molecular weight excluding hydrogens is 150 g/mol. The fourth-order valence-electron chi connectivity index (χ4n) is 1.32. The molecule has 0 aliphatic heterocycles. The highest BCUT2D eigenvalue weighted by Crippen LogP contribution is 2.36.